The topological polar surface area (TPSA) is 42.3 Å². The van der Waals surface area contributed by atoms with Gasteiger partial charge in [0.15, 0.2) is 5.11 Å². The van der Waals surface area contributed by atoms with Crippen molar-refractivity contribution >= 4 is 46.2 Å². The van der Waals surface area contributed by atoms with Gasteiger partial charge in [-0.2, -0.15) is 0 Å². The van der Waals surface area contributed by atoms with Gasteiger partial charge in [-0.15, -0.1) is 0 Å². The molecule has 0 amide bonds. The molecule has 1 saturated heterocycles. The minimum atomic E-state index is -0.161. The number of nitrogens with zero attached hydrogens (tertiary/aromatic N) is 3. The molecular formula is C28H26Cl2N4OS. The first-order valence-electron chi connectivity index (χ1n) is 11.6. The van der Waals surface area contributed by atoms with Gasteiger partial charge in [0.25, 0.3) is 0 Å². The van der Waals surface area contributed by atoms with E-state index in [9.17, 15) is 0 Å². The Morgan fingerprint density at radius 3 is 2.42 bits per heavy atom. The minimum Gasteiger partial charge on any atom is -0.495 e. The molecule has 4 aromatic rings. The van der Waals surface area contributed by atoms with E-state index in [-0.39, 0.29) is 12.1 Å². The van der Waals surface area contributed by atoms with Crippen LogP contribution in [0, 0.1) is 20.8 Å². The molecule has 0 unspecified atom stereocenters. The number of hydrogen-bond donors (Lipinski definition) is 1. The summed E-state index contributed by atoms with van der Waals surface area (Å²) < 4.78 is 7.64. The highest BCUT2D eigenvalue weighted by Gasteiger charge is 2.43. The molecule has 3 heterocycles. The van der Waals surface area contributed by atoms with E-state index in [2.05, 4.69) is 46.6 Å². The number of benzene rings is 2. The van der Waals surface area contributed by atoms with Crippen molar-refractivity contribution in [1.29, 1.82) is 0 Å². The van der Waals surface area contributed by atoms with Crippen molar-refractivity contribution in [2.45, 2.75) is 32.9 Å². The van der Waals surface area contributed by atoms with E-state index in [1.165, 1.54) is 11.1 Å². The number of anilines is 1. The summed E-state index contributed by atoms with van der Waals surface area (Å²) in [5.41, 5.74) is 7.46. The van der Waals surface area contributed by atoms with Crippen LogP contribution >= 0.6 is 35.4 Å². The van der Waals surface area contributed by atoms with Gasteiger partial charge < -0.3 is 19.5 Å². The van der Waals surface area contributed by atoms with Crippen molar-refractivity contribution in [1.82, 2.24) is 14.9 Å². The summed E-state index contributed by atoms with van der Waals surface area (Å²) in [6.45, 7) is 6.44. The zero-order chi connectivity index (χ0) is 25.6. The maximum absolute atomic E-state index is 6.55. The van der Waals surface area contributed by atoms with E-state index in [4.69, 9.17) is 40.2 Å². The molecule has 5 rings (SSSR count). The average molecular weight is 538 g/mol. The first-order valence-corrected chi connectivity index (χ1v) is 12.8. The first-order chi connectivity index (χ1) is 17.3. The zero-order valence-electron chi connectivity index (χ0n) is 20.4. The average Bonchev–Trinajstić information content (AvgIpc) is 3.31. The van der Waals surface area contributed by atoms with Crippen LogP contribution in [0.5, 0.6) is 5.75 Å². The quantitative estimate of drug-likeness (QED) is 0.271. The van der Waals surface area contributed by atoms with Gasteiger partial charge in [-0.1, -0.05) is 35.3 Å². The van der Waals surface area contributed by atoms with Crippen LogP contribution in [0.4, 0.5) is 5.69 Å². The third kappa shape index (κ3) is 4.13. The normalized spacial score (nSPS) is 17.4. The SMILES string of the molecule is COc1ccc(N2C(=S)N[C@@H](c3ccccn3)[C@@H]2c2c(C)c(C)n(-c3cccc(Cl)c3)c2C)cc1Cl. The second-order valence-corrected chi connectivity index (χ2v) is 10.1. The van der Waals surface area contributed by atoms with Gasteiger partial charge >= 0.3 is 0 Å². The summed E-state index contributed by atoms with van der Waals surface area (Å²) in [4.78, 5) is 6.82. The van der Waals surface area contributed by atoms with Gasteiger partial charge in [0, 0.05) is 39.5 Å². The van der Waals surface area contributed by atoms with Crippen molar-refractivity contribution in [3.63, 3.8) is 0 Å². The second-order valence-electron chi connectivity index (χ2n) is 8.84. The number of hydrogen-bond acceptors (Lipinski definition) is 3. The van der Waals surface area contributed by atoms with Crippen molar-refractivity contribution in [2.24, 2.45) is 0 Å². The molecule has 0 spiro atoms. The maximum atomic E-state index is 6.55. The van der Waals surface area contributed by atoms with E-state index in [1.807, 2.05) is 60.8 Å². The maximum Gasteiger partial charge on any atom is 0.174 e. The molecule has 1 N–H and O–H groups in total. The Balaban J connectivity index is 1.73. The van der Waals surface area contributed by atoms with Crippen LogP contribution in [0.3, 0.4) is 0 Å². The van der Waals surface area contributed by atoms with Crippen LogP contribution < -0.4 is 15.0 Å². The minimum absolute atomic E-state index is 0.156. The third-order valence-corrected chi connectivity index (χ3v) is 7.73. The summed E-state index contributed by atoms with van der Waals surface area (Å²) in [5.74, 6) is 0.617. The largest absolute Gasteiger partial charge is 0.495 e. The molecule has 2 aromatic heterocycles. The molecule has 1 aliphatic heterocycles. The predicted molar refractivity (Wildman–Crippen MR) is 151 cm³/mol. The van der Waals surface area contributed by atoms with Crippen LogP contribution in [-0.2, 0) is 0 Å². The number of ether oxygens (including phenoxy) is 1. The van der Waals surface area contributed by atoms with Crippen molar-refractivity contribution in [3.8, 4) is 11.4 Å². The summed E-state index contributed by atoms with van der Waals surface area (Å²) in [6, 6.07) is 19.3. The molecule has 0 saturated carbocycles. The third-order valence-electron chi connectivity index (χ3n) is 6.88. The molecule has 5 nitrogen and oxygen atoms in total. The molecule has 0 aliphatic carbocycles. The molecule has 0 bridgehead atoms. The fourth-order valence-electron chi connectivity index (χ4n) is 5.18. The number of methoxy groups -OCH3 is 1. The highest BCUT2D eigenvalue weighted by atomic mass is 35.5. The Bertz CT molecular complexity index is 1450. The smallest absolute Gasteiger partial charge is 0.174 e. The summed E-state index contributed by atoms with van der Waals surface area (Å²) in [5, 5.41) is 5.38. The lowest BCUT2D eigenvalue weighted by atomic mass is 9.93. The highest BCUT2D eigenvalue weighted by Crippen LogP contribution is 2.46. The van der Waals surface area contributed by atoms with Gasteiger partial charge in [0.2, 0.25) is 0 Å². The second kappa shape index (κ2) is 9.77. The molecule has 36 heavy (non-hydrogen) atoms. The lowest BCUT2D eigenvalue weighted by molar-refractivity contribution is 0.415. The van der Waals surface area contributed by atoms with E-state index in [0.717, 1.165) is 28.5 Å². The number of thiocarbonyl (C=S) groups is 1. The zero-order valence-corrected chi connectivity index (χ0v) is 22.7. The van der Waals surface area contributed by atoms with Gasteiger partial charge in [0.1, 0.15) is 5.75 Å². The van der Waals surface area contributed by atoms with Crippen LogP contribution in [0.25, 0.3) is 5.69 Å². The van der Waals surface area contributed by atoms with Gasteiger partial charge in [-0.3, -0.25) is 4.98 Å². The Labute approximate surface area is 226 Å². The fourth-order valence-corrected chi connectivity index (χ4v) is 5.96. The van der Waals surface area contributed by atoms with E-state index < -0.39 is 0 Å². The van der Waals surface area contributed by atoms with E-state index in [0.29, 0.717) is 20.9 Å². The number of halogens is 2. The Morgan fingerprint density at radius 1 is 0.944 bits per heavy atom. The van der Waals surface area contributed by atoms with Gasteiger partial charge in [0.05, 0.1) is 29.9 Å². The fraction of sp³-hybridized carbons (Fsp3) is 0.214. The Morgan fingerprint density at radius 2 is 1.75 bits per heavy atom. The molecule has 8 heteroatoms. The molecule has 2 atom stereocenters. The van der Waals surface area contributed by atoms with Crippen molar-refractivity contribution < 1.29 is 4.74 Å². The lowest BCUT2D eigenvalue weighted by Gasteiger charge is -2.29. The van der Waals surface area contributed by atoms with Crippen LogP contribution in [-0.4, -0.2) is 21.8 Å². The molecule has 184 valence electrons. The Kier molecular flexibility index (Phi) is 6.68. The van der Waals surface area contributed by atoms with E-state index in [1.54, 1.807) is 7.11 Å². The number of rotatable bonds is 5. The first kappa shape index (κ1) is 24.6. The molecular weight excluding hydrogens is 511 g/mol. The Hall–Kier alpha value is -3.06. The molecule has 2 aromatic carbocycles. The van der Waals surface area contributed by atoms with Crippen molar-refractivity contribution in [3.05, 3.63) is 105 Å². The summed E-state index contributed by atoms with van der Waals surface area (Å²) >= 11 is 18.8. The number of aromatic nitrogens is 2. The van der Waals surface area contributed by atoms with Gasteiger partial charge in [-0.05, 0) is 87.1 Å². The lowest BCUT2D eigenvalue weighted by Crippen LogP contribution is -2.29. The summed E-state index contributed by atoms with van der Waals surface area (Å²) in [7, 11) is 1.61. The van der Waals surface area contributed by atoms with Crippen LogP contribution in [0.15, 0.2) is 66.9 Å². The molecule has 1 fully saturated rings. The van der Waals surface area contributed by atoms with Crippen LogP contribution in [0.1, 0.15) is 40.3 Å². The summed E-state index contributed by atoms with van der Waals surface area (Å²) in [6.07, 6.45) is 1.81. The highest BCUT2D eigenvalue weighted by molar-refractivity contribution is 7.80. The van der Waals surface area contributed by atoms with E-state index >= 15 is 0 Å². The van der Waals surface area contributed by atoms with Gasteiger partial charge in [-0.25, -0.2) is 0 Å². The molecule has 0 radical (unpaired) electrons. The monoisotopic (exact) mass is 536 g/mol. The number of pyridine rings is 1. The number of nitrogens with one attached hydrogen (secondary N) is 1. The standard InChI is InChI=1S/C28H26Cl2N4OS/c1-16-17(2)33(20-9-7-8-19(29)14-20)18(3)25(16)27-26(23-10-5-6-13-31-23)32-28(36)34(27)21-11-12-24(35-4)22(30)15-21/h5-15,26-27H,1-4H3,(H,32,36)/t26-,27-/m0/s1. The predicted octanol–water partition coefficient (Wildman–Crippen LogP) is 7.29. The van der Waals surface area contributed by atoms with Crippen molar-refractivity contribution in [2.75, 3.05) is 12.0 Å². The van der Waals surface area contributed by atoms with Crippen LogP contribution in [0.2, 0.25) is 10.0 Å². The molecule has 1 aliphatic rings.